The van der Waals surface area contributed by atoms with E-state index in [2.05, 4.69) is 36.4 Å². The number of hydrogen-bond donors (Lipinski definition) is 1. The molecule has 0 bridgehead atoms. The van der Waals surface area contributed by atoms with Gasteiger partial charge in [-0.25, -0.2) is 0 Å². The van der Waals surface area contributed by atoms with Gasteiger partial charge in [0.25, 0.3) is 0 Å². The fourth-order valence-electron chi connectivity index (χ4n) is 3.13. The van der Waals surface area contributed by atoms with E-state index in [0.717, 1.165) is 23.2 Å². The summed E-state index contributed by atoms with van der Waals surface area (Å²) in [6.45, 7) is 2.04. The predicted molar refractivity (Wildman–Crippen MR) is 87.7 cm³/mol. The Balaban J connectivity index is 2.15. The molecule has 1 unspecified atom stereocenters. The second kappa shape index (κ2) is 4.61. The third kappa shape index (κ3) is 1.91. The smallest absolute Gasteiger partial charge is 0.139 e. The molecule has 0 amide bonds. The average Bonchev–Trinajstić information content (AvgIpc) is 2.79. The Morgan fingerprint density at radius 3 is 2.52 bits per heavy atom. The van der Waals surface area contributed by atoms with E-state index in [0.29, 0.717) is 0 Å². The molecule has 0 radical (unpaired) electrons. The first-order valence-corrected chi connectivity index (χ1v) is 7.31. The third-order valence-corrected chi connectivity index (χ3v) is 4.02. The van der Waals surface area contributed by atoms with Crippen LogP contribution < -0.4 is 5.73 Å². The molecule has 0 aromatic heterocycles. The lowest BCUT2D eigenvalue weighted by molar-refractivity contribution is 0.609. The molecule has 1 aliphatic heterocycles. The standard InChI is InChI=1S/C19H17NO/c1-12(20)10-16-14-7-3-4-8-15(14)17-11-13-6-2-5-9-18(13)21-19(16)17/h2-9,11-12H,10,20H2,1H3. The summed E-state index contributed by atoms with van der Waals surface area (Å²) in [5, 5.41) is 3.63. The van der Waals surface area contributed by atoms with Gasteiger partial charge in [-0.15, -0.1) is 0 Å². The van der Waals surface area contributed by atoms with Crippen molar-refractivity contribution in [2.45, 2.75) is 19.4 Å². The van der Waals surface area contributed by atoms with Crippen LogP contribution in [0.4, 0.5) is 0 Å². The van der Waals surface area contributed by atoms with Crippen LogP contribution in [0.15, 0.2) is 59.0 Å². The Labute approximate surface area is 123 Å². The summed E-state index contributed by atoms with van der Waals surface area (Å²) in [6, 6.07) is 19.0. The third-order valence-electron chi connectivity index (χ3n) is 4.02. The molecule has 2 N–H and O–H groups in total. The molecule has 2 aromatic carbocycles. The molecular weight excluding hydrogens is 258 g/mol. The van der Waals surface area contributed by atoms with Gasteiger partial charge >= 0.3 is 0 Å². The first kappa shape index (κ1) is 12.4. The first-order chi connectivity index (χ1) is 10.2. The molecule has 1 heterocycles. The van der Waals surface area contributed by atoms with Crippen molar-refractivity contribution in [3.63, 3.8) is 0 Å². The van der Waals surface area contributed by atoms with Crippen molar-refractivity contribution in [1.82, 2.24) is 0 Å². The fourth-order valence-corrected chi connectivity index (χ4v) is 3.13. The monoisotopic (exact) mass is 275 g/mol. The number of nitrogens with two attached hydrogens (primary N) is 1. The zero-order valence-electron chi connectivity index (χ0n) is 12.0. The molecular formula is C19H17NO. The van der Waals surface area contributed by atoms with Gasteiger partial charge in [0, 0.05) is 22.6 Å². The van der Waals surface area contributed by atoms with Crippen LogP contribution >= 0.6 is 0 Å². The van der Waals surface area contributed by atoms with Crippen molar-refractivity contribution in [1.29, 1.82) is 0 Å². The van der Waals surface area contributed by atoms with E-state index in [1.54, 1.807) is 0 Å². The largest absolute Gasteiger partial charge is 0.456 e. The Morgan fingerprint density at radius 1 is 1.00 bits per heavy atom. The highest BCUT2D eigenvalue weighted by Crippen LogP contribution is 2.41. The number of fused-ring (bicyclic) bond motifs is 4. The van der Waals surface area contributed by atoms with E-state index >= 15 is 0 Å². The molecule has 2 heteroatoms. The molecule has 104 valence electrons. The van der Waals surface area contributed by atoms with Gasteiger partial charge in [-0.1, -0.05) is 42.5 Å². The molecule has 0 saturated carbocycles. The van der Waals surface area contributed by atoms with E-state index < -0.39 is 0 Å². The molecule has 0 saturated heterocycles. The molecule has 4 rings (SSSR count). The summed E-state index contributed by atoms with van der Waals surface area (Å²) >= 11 is 0. The summed E-state index contributed by atoms with van der Waals surface area (Å²) < 4.78 is 6.21. The zero-order valence-corrected chi connectivity index (χ0v) is 12.0. The van der Waals surface area contributed by atoms with Gasteiger partial charge in [-0.3, -0.25) is 0 Å². The highest BCUT2D eigenvalue weighted by atomic mass is 16.3. The van der Waals surface area contributed by atoms with Gasteiger partial charge in [0.2, 0.25) is 0 Å². The quantitative estimate of drug-likeness (QED) is 0.581. The van der Waals surface area contributed by atoms with Crippen molar-refractivity contribution in [3.8, 4) is 11.3 Å². The molecule has 2 aromatic rings. The number of hydrogen-bond acceptors (Lipinski definition) is 2. The summed E-state index contributed by atoms with van der Waals surface area (Å²) in [5.74, 6) is 0.979. The number of rotatable bonds is 2. The molecule has 0 spiro atoms. The van der Waals surface area contributed by atoms with E-state index in [1.165, 1.54) is 21.9 Å². The van der Waals surface area contributed by atoms with E-state index in [4.69, 9.17) is 10.2 Å². The second-order valence-corrected chi connectivity index (χ2v) is 5.73. The second-order valence-electron chi connectivity index (χ2n) is 5.73. The fraction of sp³-hybridized carbons (Fsp3) is 0.158. The van der Waals surface area contributed by atoms with Gasteiger partial charge in [0.05, 0.1) is 0 Å². The normalized spacial score (nSPS) is 13.2. The van der Waals surface area contributed by atoms with E-state index in [1.807, 2.05) is 25.1 Å². The minimum atomic E-state index is 0.112. The summed E-state index contributed by atoms with van der Waals surface area (Å²) in [7, 11) is 0. The Morgan fingerprint density at radius 2 is 1.71 bits per heavy atom. The predicted octanol–water partition coefficient (Wildman–Crippen LogP) is 4.58. The van der Waals surface area contributed by atoms with Crippen molar-refractivity contribution >= 4 is 21.7 Å². The van der Waals surface area contributed by atoms with Crippen LogP contribution in [0.5, 0.6) is 0 Å². The van der Waals surface area contributed by atoms with Gasteiger partial charge in [0.1, 0.15) is 11.3 Å². The van der Waals surface area contributed by atoms with E-state index in [9.17, 15) is 0 Å². The summed E-state index contributed by atoms with van der Waals surface area (Å²) in [6.07, 6.45) is 0.825. The maximum Gasteiger partial charge on any atom is 0.139 e. The van der Waals surface area contributed by atoms with Crippen molar-refractivity contribution in [2.75, 3.05) is 0 Å². The molecule has 2 aliphatic rings. The van der Waals surface area contributed by atoms with Gasteiger partial charge in [0.15, 0.2) is 0 Å². The van der Waals surface area contributed by atoms with Crippen LogP contribution in [0, 0.1) is 0 Å². The molecule has 2 nitrogen and oxygen atoms in total. The highest BCUT2D eigenvalue weighted by molar-refractivity contribution is 6.06. The van der Waals surface area contributed by atoms with E-state index in [-0.39, 0.29) is 6.04 Å². The maximum atomic E-state index is 6.21. The van der Waals surface area contributed by atoms with Crippen LogP contribution in [-0.2, 0) is 6.42 Å². The highest BCUT2D eigenvalue weighted by Gasteiger charge is 2.21. The Hall–Kier alpha value is -2.32. The van der Waals surface area contributed by atoms with Crippen LogP contribution in [-0.4, -0.2) is 6.04 Å². The molecule has 0 fully saturated rings. The van der Waals surface area contributed by atoms with Gasteiger partial charge < -0.3 is 10.2 Å². The molecule has 1 aliphatic carbocycles. The first-order valence-electron chi connectivity index (χ1n) is 7.31. The zero-order chi connectivity index (χ0) is 14.4. The van der Waals surface area contributed by atoms with Crippen LogP contribution in [0.2, 0.25) is 0 Å². The Bertz CT molecular complexity index is 904. The maximum absolute atomic E-state index is 6.21. The number of benzene rings is 2. The Kier molecular flexibility index (Phi) is 2.72. The minimum absolute atomic E-state index is 0.112. The van der Waals surface area contributed by atoms with Crippen molar-refractivity contribution in [2.24, 2.45) is 5.73 Å². The number of para-hydroxylation sites is 1. The lowest BCUT2D eigenvalue weighted by Gasteiger charge is -2.08. The SMILES string of the molecule is CC(N)Cc1c2oc3ccccc3cc-2c2ccccc12. The molecule has 1 atom stereocenters. The van der Waals surface area contributed by atoms with Crippen LogP contribution in [0.3, 0.4) is 0 Å². The lowest BCUT2D eigenvalue weighted by atomic mass is 10.1. The summed E-state index contributed by atoms with van der Waals surface area (Å²) in [4.78, 5) is 0. The van der Waals surface area contributed by atoms with Gasteiger partial charge in [-0.2, -0.15) is 0 Å². The van der Waals surface area contributed by atoms with Crippen LogP contribution in [0.25, 0.3) is 33.1 Å². The van der Waals surface area contributed by atoms with Gasteiger partial charge in [-0.05, 0) is 36.2 Å². The minimum Gasteiger partial charge on any atom is -0.456 e. The topological polar surface area (TPSA) is 39.2 Å². The molecule has 21 heavy (non-hydrogen) atoms. The lowest BCUT2D eigenvalue weighted by Crippen LogP contribution is -2.17. The van der Waals surface area contributed by atoms with Crippen molar-refractivity contribution < 1.29 is 4.42 Å². The van der Waals surface area contributed by atoms with Crippen molar-refractivity contribution in [3.05, 3.63) is 60.2 Å². The van der Waals surface area contributed by atoms with Crippen LogP contribution in [0.1, 0.15) is 12.5 Å². The average molecular weight is 275 g/mol. The summed E-state index contributed by atoms with van der Waals surface area (Å²) in [5.41, 5.74) is 9.36.